The number of rotatable bonds is 3. The van der Waals surface area contributed by atoms with Crippen LogP contribution in [0, 0.1) is 0 Å². The van der Waals surface area contributed by atoms with Gasteiger partial charge in [0.1, 0.15) is 0 Å². The lowest BCUT2D eigenvalue weighted by Crippen LogP contribution is -2.25. The molecule has 2 aromatic rings. The predicted molar refractivity (Wildman–Crippen MR) is 67.3 cm³/mol. The van der Waals surface area contributed by atoms with Gasteiger partial charge in [-0.25, -0.2) is 0 Å². The van der Waals surface area contributed by atoms with Crippen molar-refractivity contribution in [1.29, 1.82) is 0 Å². The highest BCUT2D eigenvalue weighted by Gasteiger charge is 2.09. The topological polar surface area (TPSA) is 27.8 Å². The van der Waals surface area contributed by atoms with Gasteiger partial charge < -0.3 is 10.3 Å². The Morgan fingerprint density at radius 2 is 2.06 bits per heavy atom. The molecule has 0 unspecified atom stereocenters. The van der Waals surface area contributed by atoms with E-state index in [0.717, 1.165) is 6.54 Å². The predicted octanol–water partition coefficient (Wildman–Crippen LogP) is 2.98. The van der Waals surface area contributed by atoms with E-state index in [1.54, 1.807) is 0 Å². The molecular weight excluding hydrogens is 196 g/mol. The highest BCUT2D eigenvalue weighted by molar-refractivity contribution is 5.82. The summed E-state index contributed by atoms with van der Waals surface area (Å²) in [4.78, 5) is 3.25. The van der Waals surface area contributed by atoms with E-state index < -0.39 is 0 Å². The zero-order valence-electron chi connectivity index (χ0n) is 9.24. The Balaban J connectivity index is 1.75. The molecule has 0 bridgehead atoms. The Labute approximate surface area is 95.4 Å². The summed E-state index contributed by atoms with van der Waals surface area (Å²) in [6, 6.07) is 9.22. The van der Waals surface area contributed by atoms with E-state index in [1.807, 2.05) is 6.20 Å². The maximum Gasteiger partial charge on any atom is 0.0457 e. The van der Waals surface area contributed by atoms with Crippen molar-refractivity contribution < 1.29 is 0 Å². The van der Waals surface area contributed by atoms with Gasteiger partial charge in [-0.15, -0.1) is 0 Å². The van der Waals surface area contributed by atoms with Crippen LogP contribution in [0.15, 0.2) is 42.6 Å². The first kappa shape index (κ1) is 9.67. The van der Waals surface area contributed by atoms with Crippen LogP contribution >= 0.6 is 0 Å². The summed E-state index contributed by atoms with van der Waals surface area (Å²) in [6.45, 7) is 0.960. The van der Waals surface area contributed by atoms with E-state index in [-0.39, 0.29) is 0 Å². The maximum absolute atomic E-state index is 3.60. The molecule has 0 radical (unpaired) electrons. The van der Waals surface area contributed by atoms with Crippen molar-refractivity contribution in [3.05, 3.63) is 48.2 Å². The van der Waals surface area contributed by atoms with Crippen LogP contribution in [0.2, 0.25) is 0 Å². The van der Waals surface area contributed by atoms with Gasteiger partial charge in [0.05, 0.1) is 0 Å². The number of nitrogens with one attached hydrogen (secondary N) is 2. The van der Waals surface area contributed by atoms with E-state index in [2.05, 4.69) is 46.7 Å². The summed E-state index contributed by atoms with van der Waals surface area (Å²) < 4.78 is 0. The van der Waals surface area contributed by atoms with Crippen molar-refractivity contribution in [1.82, 2.24) is 10.3 Å². The summed E-state index contributed by atoms with van der Waals surface area (Å²) in [6.07, 6.45) is 8.86. The Hall–Kier alpha value is -1.54. The SMILES string of the molecule is C1=CCC(NCc2cccc3[nH]ccc23)C1. The van der Waals surface area contributed by atoms with Crippen LogP contribution in [0.1, 0.15) is 18.4 Å². The first-order valence-electron chi connectivity index (χ1n) is 5.87. The van der Waals surface area contributed by atoms with Gasteiger partial charge in [-0.1, -0.05) is 24.3 Å². The second kappa shape index (κ2) is 4.14. The van der Waals surface area contributed by atoms with Gasteiger partial charge in [-0.05, 0) is 30.5 Å². The van der Waals surface area contributed by atoms with Crippen molar-refractivity contribution in [3.63, 3.8) is 0 Å². The molecule has 1 heterocycles. The van der Waals surface area contributed by atoms with E-state index in [1.165, 1.54) is 29.3 Å². The quantitative estimate of drug-likeness (QED) is 0.752. The molecule has 1 aromatic carbocycles. The zero-order chi connectivity index (χ0) is 10.8. The average molecular weight is 212 g/mol. The summed E-state index contributed by atoms with van der Waals surface area (Å²) in [5.74, 6) is 0. The molecule has 0 amide bonds. The Kier molecular flexibility index (Phi) is 2.50. The van der Waals surface area contributed by atoms with Gasteiger partial charge in [0.15, 0.2) is 0 Å². The monoisotopic (exact) mass is 212 g/mol. The minimum atomic E-state index is 0.634. The fraction of sp³-hybridized carbons (Fsp3) is 0.286. The number of benzene rings is 1. The van der Waals surface area contributed by atoms with Crippen molar-refractivity contribution >= 4 is 10.9 Å². The number of hydrogen-bond donors (Lipinski definition) is 2. The number of hydrogen-bond acceptors (Lipinski definition) is 1. The maximum atomic E-state index is 3.60. The Bertz CT molecular complexity index is 502. The van der Waals surface area contributed by atoms with Crippen molar-refractivity contribution in [3.8, 4) is 0 Å². The Morgan fingerprint density at radius 1 is 1.19 bits per heavy atom. The van der Waals surface area contributed by atoms with Gasteiger partial charge in [0, 0.05) is 29.7 Å². The van der Waals surface area contributed by atoms with Crippen LogP contribution in [-0.4, -0.2) is 11.0 Å². The standard InChI is InChI=1S/C14H16N2/c1-2-6-12(5-1)16-10-11-4-3-7-14-13(11)8-9-15-14/h1-4,7-9,12,15-16H,5-6,10H2. The Morgan fingerprint density at radius 3 is 2.94 bits per heavy atom. The molecule has 1 aliphatic carbocycles. The third-order valence-corrected chi connectivity index (χ3v) is 3.27. The molecule has 2 nitrogen and oxygen atoms in total. The molecule has 0 spiro atoms. The van der Waals surface area contributed by atoms with Crippen molar-refractivity contribution in [2.75, 3.05) is 0 Å². The summed E-state index contributed by atoms with van der Waals surface area (Å²) >= 11 is 0. The third-order valence-electron chi connectivity index (χ3n) is 3.27. The van der Waals surface area contributed by atoms with Gasteiger partial charge >= 0.3 is 0 Å². The van der Waals surface area contributed by atoms with Crippen LogP contribution in [0.5, 0.6) is 0 Å². The molecule has 3 rings (SSSR count). The second-order valence-corrected chi connectivity index (χ2v) is 4.38. The highest BCUT2D eigenvalue weighted by atomic mass is 14.9. The lowest BCUT2D eigenvalue weighted by Gasteiger charge is -2.12. The first-order chi connectivity index (χ1) is 7.93. The van der Waals surface area contributed by atoms with Crippen LogP contribution in [-0.2, 0) is 6.54 Å². The molecule has 1 aliphatic rings. The van der Waals surface area contributed by atoms with E-state index >= 15 is 0 Å². The largest absolute Gasteiger partial charge is 0.361 e. The minimum Gasteiger partial charge on any atom is -0.361 e. The smallest absolute Gasteiger partial charge is 0.0457 e. The molecule has 0 aliphatic heterocycles. The second-order valence-electron chi connectivity index (χ2n) is 4.38. The molecule has 2 N–H and O–H groups in total. The fourth-order valence-corrected chi connectivity index (χ4v) is 2.34. The molecular formula is C14H16N2. The summed E-state index contributed by atoms with van der Waals surface area (Å²) in [5, 5.41) is 4.94. The van der Waals surface area contributed by atoms with Gasteiger partial charge in [-0.3, -0.25) is 0 Å². The number of aromatic amines is 1. The normalized spacial score (nSPS) is 16.2. The molecule has 82 valence electrons. The molecule has 2 heteroatoms. The average Bonchev–Trinajstić information content (AvgIpc) is 2.97. The van der Waals surface area contributed by atoms with E-state index in [4.69, 9.17) is 0 Å². The van der Waals surface area contributed by atoms with Gasteiger partial charge in [0.2, 0.25) is 0 Å². The third kappa shape index (κ3) is 1.76. The highest BCUT2D eigenvalue weighted by Crippen LogP contribution is 2.18. The number of aromatic nitrogens is 1. The number of H-pyrrole nitrogens is 1. The zero-order valence-corrected chi connectivity index (χ0v) is 9.24. The molecule has 1 aromatic heterocycles. The lowest BCUT2D eigenvalue weighted by molar-refractivity contribution is 0.540. The van der Waals surface area contributed by atoms with Gasteiger partial charge in [-0.2, -0.15) is 0 Å². The molecule has 0 fully saturated rings. The molecule has 0 saturated heterocycles. The van der Waals surface area contributed by atoms with Crippen LogP contribution in [0.4, 0.5) is 0 Å². The molecule has 0 atom stereocenters. The lowest BCUT2D eigenvalue weighted by atomic mass is 10.1. The minimum absolute atomic E-state index is 0.634. The van der Waals surface area contributed by atoms with Crippen LogP contribution < -0.4 is 5.32 Å². The molecule has 0 saturated carbocycles. The number of fused-ring (bicyclic) bond motifs is 1. The van der Waals surface area contributed by atoms with Gasteiger partial charge in [0.25, 0.3) is 0 Å². The van der Waals surface area contributed by atoms with E-state index in [0.29, 0.717) is 6.04 Å². The molecule has 16 heavy (non-hydrogen) atoms. The van der Waals surface area contributed by atoms with Crippen molar-refractivity contribution in [2.45, 2.75) is 25.4 Å². The summed E-state index contributed by atoms with van der Waals surface area (Å²) in [7, 11) is 0. The first-order valence-corrected chi connectivity index (χ1v) is 5.87. The van der Waals surface area contributed by atoms with E-state index in [9.17, 15) is 0 Å². The van der Waals surface area contributed by atoms with Crippen molar-refractivity contribution in [2.24, 2.45) is 0 Å². The fourth-order valence-electron chi connectivity index (χ4n) is 2.34. The summed E-state index contributed by atoms with van der Waals surface area (Å²) in [5.41, 5.74) is 2.61. The van der Waals surface area contributed by atoms with Crippen LogP contribution in [0.3, 0.4) is 0 Å². The van der Waals surface area contributed by atoms with Crippen LogP contribution in [0.25, 0.3) is 10.9 Å².